The summed E-state index contributed by atoms with van der Waals surface area (Å²) in [4.78, 5) is 4.10. The first kappa shape index (κ1) is 18.4. The van der Waals surface area contributed by atoms with E-state index in [-0.39, 0.29) is 6.04 Å². The normalized spacial score (nSPS) is 14.4. The molecule has 1 aromatic heterocycles. The van der Waals surface area contributed by atoms with Crippen molar-refractivity contribution in [2.75, 3.05) is 13.7 Å². The van der Waals surface area contributed by atoms with Crippen LogP contribution in [0.3, 0.4) is 0 Å². The highest BCUT2D eigenvalue weighted by Crippen LogP contribution is 2.40. The van der Waals surface area contributed by atoms with Gasteiger partial charge in [-0.05, 0) is 25.8 Å². The largest absolute Gasteiger partial charge is 0.443 e. The molecular formula is C14H23F3N2OS. The Morgan fingerprint density at radius 3 is 2.29 bits per heavy atom. The highest BCUT2D eigenvalue weighted by molar-refractivity contribution is 7.11. The van der Waals surface area contributed by atoms with E-state index in [1.807, 2.05) is 20.8 Å². The summed E-state index contributed by atoms with van der Waals surface area (Å²) in [6, 6.07) is -0.286. The van der Waals surface area contributed by atoms with Crippen molar-refractivity contribution >= 4 is 11.3 Å². The smallest absolute Gasteiger partial charge is 0.376 e. The van der Waals surface area contributed by atoms with Crippen LogP contribution >= 0.6 is 11.3 Å². The number of ether oxygens (including phenoxy) is 1. The van der Waals surface area contributed by atoms with Crippen LogP contribution in [0.25, 0.3) is 0 Å². The first-order valence-electron chi connectivity index (χ1n) is 7.16. The SMILES string of the molecule is CCCNC(c1cnc(C(F)(F)F)s1)C(CC)(CC)OC. The van der Waals surface area contributed by atoms with Gasteiger partial charge >= 0.3 is 6.18 Å². The van der Waals surface area contributed by atoms with Crippen LogP contribution in [0.4, 0.5) is 13.2 Å². The molecule has 0 bridgehead atoms. The molecule has 0 aliphatic heterocycles. The molecule has 0 saturated carbocycles. The molecule has 21 heavy (non-hydrogen) atoms. The Balaban J connectivity index is 3.15. The van der Waals surface area contributed by atoms with E-state index in [0.29, 0.717) is 29.1 Å². The summed E-state index contributed by atoms with van der Waals surface area (Å²) < 4.78 is 43.9. The summed E-state index contributed by atoms with van der Waals surface area (Å²) in [6.45, 7) is 6.71. The first-order valence-corrected chi connectivity index (χ1v) is 7.97. The fourth-order valence-electron chi connectivity index (χ4n) is 2.45. The van der Waals surface area contributed by atoms with Crippen molar-refractivity contribution in [3.63, 3.8) is 0 Å². The van der Waals surface area contributed by atoms with Gasteiger partial charge in [-0.1, -0.05) is 20.8 Å². The zero-order valence-electron chi connectivity index (χ0n) is 12.9. The minimum atomic E-state index is -4.40. The second kappa shape index (κ2) is 7.56. The van der Waals surface area contributed by atoms with Crippen molar-refractivity contribution in [1.29, 1.82) is 0 Å². The maximum atomic E-state index is 12.8. The molecule has 1 atom stereocenters. The maximum absolute atomic E-state index is 12.8. The lowest BCUT2D eigenvalue weighted by Crippen LogP contribution is -2.44. The topological polar surface area (TPSA) is 34.2 Å². The van der Waals surface area contributed by atoms with Crippen molar-refractivity contribution in [2.45, 2.75) is 57.9 Å². The molecule has 0 fully saturated rings. The Bertz CT molecular complexity index is 422. The lowest BCUT2D eigenvalue weighted by molar-refractivity contribution is -0.137. The molecule has 122 valence electrons. The average Bonchev–Trinajstić information content (AvgIpc) is 2.93. The number of alkyl halides is 3. The van der Waals surface area contributed by atoms with Gasteiger partial charge in [-0.3, -0.25) is 0 Å². The Morgan fingerprint density at radius 2 is 1.90 bits per heavy atom. The molecule has 7 heteroatoms. The molecule has 0 saturated heterocycles. The van der Waals surface area contributed by atoms with Gasteiger partial charge in [-0.2, -0.15) is 13.2 Å². The van der Waals surface area contributed by atoms with Gasteiger partial charge in [0.05, 0.1) is 11.6 Å². The van der Waals surface area contributed by atoms with Crippen molar-refractivity contribution in [2.24, 2.45) is 0 Å². The summed E-state index contributed by atoms with van der Waals surface area (Å²) >= 11 is 0.693. The van der Waals surface area contributed by atoms with Crippen LogP contribution < -0.4 is 5.32 Å². The third kappa shape index (κ3) is 4.17. The van der Waals surface area contributed by atoms with E-state index in [2.05, 4.69) is 10.3 Å². The van der Waals surface area contributed by atoms with Gasteiger partial charge in [0, 0.05) is 18.2 Å². The fourth-order valence-corrected chi connectivity index (χ4v) is 3.42. The molecule has 3 nitrogen and oxygen atoms in total. The zero-order valence-corrected chi connectivity index (χ0v) is 13.7. The van der Waals surface area contributed by atoms with Gasteiger partial charge in [-0.25, -0.2) is 4.98 Å². The number of nitrogens with zero attached hydrogens (tertiary/aromatic N) is 1. The van der Waals surface area contributed by atoms with E-state index < -0.39 is 16.8 Å². The number of thiazole rings is 1. The molecule has 1 rings (SSSR count). The van der Waals surface area contributed by atoms with Gasteiger partial charge in [0.15, 0.2) is 5.01 Å². The number of nitrogens with one attached hydrogen (secondary N) is 1. The summed E-state index contributed by atoms with van der Waals surface area (Å²) in [5, 5.41) is 2.51. The van der Waals surface area contributed by atoms with Gasteiger partial charge in [-0.15, -0.1) is 11.3 Å². The van der Waals surface area contributed by atoms with Crippen LogP contribution in [0.2, 0.25) is 0 Å². The van der Waals surface area contributed by atoms with Gasteiger partial charge in [0.1, 0.15) is 0 Å². The fraction of sp³-hybridized carbons (Fsp3) is 0.786. The van der Waals surface area contributed by atoms with Crippen LogP contribution in [0, 0.1) is 0 Å². The van der Waals surface area contributed by atoms with Crippen molar-refractivity contribution in [3.05, 3.63) is 16.1 Å². The molecule has 1 unspecified atom stereocenters. The number of hydrogen-bond donors (Lipinski definition) is 1. The summed E-state index contributed by atoms with van der Waals surface area (Å²) in [5.41, 5.74) is -0.523. The maximum Gasteiger partial charge on any atom is 0.443 e. The van der Waals surface area contributed by atoms with Crippen LogP contribution in [-0.4, -0.2) is 24.2 Å². The quantitative estimate of drug-likeness (QED) is 0.769. The number of methoxy groups -OCH3 is 1. The molecular weight excluding hydrogens is 301 g/mol. The van der Waals surface area contributed by atoms with Gasteiger partial charge in [0.25, 0.3) is 0 Å². The molecule has 0 aromatic carbocycles. The molecule has 0 amide bonds. The van der Waals surface area contributed by atoms with E-state index in [0.717, 1.165) is 13.0 Å². The Hall–Kier alpha value is -0.660. The Morgan fingerprint density at radius 1 is 1.29 bits per heavy atom. The van der Waals surface area contributed by atoms with Crippen LogP contribution in [0.5, 0.6) is 0 Å². The van der Waals surface area contributed by atoms with Crippen LogP contribution in [0.15, 0.2) is 6.20 Å². The number of halogens is 3. The third-order valence-corrected chi connectivity index (χ3v) is 4.89. The van der Waals surface area contributed by atoms with Gasteiger partial charge in [0.2, 0.25) is 0 Å². The van der Waals surface area contributed by atoms with E-state index in [4.69, 9.17) is 4.74 Å². The highest BCUT2D eigenvalue weighted by Gasteiger charge is 2.40. The number of aromatic nitrogens is 1. The average molecular weight is 324 g/mol. The lowest BCUT2D eigenvalue weighted by Gasteiger charge is -2.38. The van der Waals surface area contributed by atoms with E-state index >= 15 is 0 Å². The molecule has 0 spiro atoms. The van der Waals surface area contributed by atoms with Crippen molar-refractivity contribution in [1.82, 2.24) is 10.3 Å². The monoisotopic (exact) mass is 324 g/mol. The lowest BCUT2D eigenvalue weighted by atomic mass is 9.87. The molecule has 0 radical (unpaired) electrons. The summed E-state index contributed by atoms with van der Waals surface area (Å²) in [7, 11) is 1.61. The summed E-state index contributed by atoms with van der Waals surface area (Å²) in [6.07, 6.45) is -0.762. The van der Waals surface area contributed by atoms with Crippen molar-refractivity contribution < 1.29 is 17.9 Å². The van der Waals surface area contributed by atoms with Crippen molar-refractivity contribution in [3.8, 4) is 0 Å². The molecule has 1 N–H and O–H groups in total. The standard InChI is InChI=1S/C14H23F3N2OS/c1-5-8-18-11(13(6-2,7-3)20-4)10-9-19-12(21-10)14(15,16)17/h9,11,18H,5-8H2,1-4H3. The van der Waals surface area contributed by atoms with E-state index in [1.54, 1.807) is 7.11 Å². The third-order valence-electron chi connectivity index (χ3n) is 3.78. The minimum Gasteiger partial charge on any atom is -0.376 e. The molecule has 0 aliphatic carbocycles. The predicted octanol–water partition coefficient (Wildman–Crippen LogP) is 4.41. The minimum absolute atomic E-state index is 0.286. The van der Waals surface area contributed by atoms with E-state index in [1.165, 1.54) is 6.20 Å². The van der Waals surface area contributed by atoms with Crippen LogP contribution in [0.1, 0.15) is 56.0 Å². The number of hydrogen-bond acceptors (Lipinski definition) is 4. The highest BCUT2D eigenvalue weighted by atomic mass is 32.1. The molecule has 1 heterocycles. The Labute approximate surface area is 127 Å². The molecule has 1 aromatic rings. The second-order valence-electron chi connectivity index (χ2n) is 4.93. The first-order chi connectivity index (χ1) is 9.84. The van der Waals surface area contributed by atoms with E-state index in [9.17, 15) is 13.2 Å². The second-order valence-corrected chi connectivity index (χ2v) is 5.99. The number of rotatable bonds is 8. The zero-order chi connectivity index (χ0) is 16.1. The van der Waals surface area contributed by atoms with Gasteiger partial charge < -0.3 is 10.1 Å². The summed E-state index contributed by atoms with van der Waals surface area (Å²) in [5.74, 6) is 0. The Kier molecular flexibility index (Phi) is 6.62. The van der Waals surface area contributed by atoms with Crippen LogP contribution in [-0.2, 0) is 10.9 Å². The molecule has 0 aliphatic rings. The predicted molar refractivity (Wildman–Crippen MR) is 78.5 cm³/mol.